The van der Waals surface area contributed by atoms with Crippen LogP contribution in [-0.2, 0) is 19.1 Å². The van der Waals surface area contributed by atoms with Crippen molar-refractivity contribution in [2.75, 3.05) is 16.8 Å². The summed E-state index contributed by atoms with van der Waals surface area (Å²) >= 11 is 3.45. The van der Waals surface area contributed by atoms with Gasteiger partial charge in [0.2, 0.25) is 11.8 Å². The highest BCUT2D eigenvalue weighted by Gasteiger charge is 2.50. The number of imide groups is 1. The fourth-order valence-corrected chi connectivity index (χ4v) is 5.19. The van der Waals surface area contributed by atoms with Gasteiger partial charge in [-0.2, -0.15) is 0 Å². The van der Waals surface area contributed by atoms with Gasteiger partial charge in [-0.25, -0.2) is 4.79 Å². The summed E-state index contributed by atoms with van der Waals surface area (Å²) in [6, 6.07) is 9.99. The van der Waals surface area contributed by atoms with E-state index >= 15 is 0 Å². The van der Waals surface area contributed by atoms with Gasteiger partial charge in [0.25, 0.3) is 5.91 Å². The predicted molar refractivity (Wildman–Crippen MR) is 131 cm³/mol. The van der Waals surface area contributed by atoms with E-state index in [4.69, 9.17) is 4.74 Å². The van der Waals surface area contributed by atoms with E-state index in [1.54, 1.807) is 12.1 Å². The van der Waals surface area contributed by atoms with Gasteiger partial charge < -0.3 is 10.1 Å². The van der Waals surface area contributed by atoms with Crippen LogP contribution in [0.3, 0.4) is 0 Å². The lowest BCUT2D eigenvalue weighted by atomic mass is 9.76. The van der Waals surface area contributed by atoms with Crippen LogP contribution in [0.15, 0.2) is 40.9 Å². The molecule has 1 saturated carbocycles. The molecule has 0 unspecified atom stereocenters. The molecule has 4 rings (SSSR count). The van der Waals surface area contributed by atoms with E-state index in [1.165, 1.54) is 17.0 Å². The number of hydrogen-bond donors (Lipinski definition) is 1. The van der Waals surface area contributed by atoms with Gasteiger partial charge in [0.1, 0.15) is 0 Å². The molecular formula is C26H27BrN2O5. The Hall–Kier alpha value is -3.00. The minimum Gasteiger partial charge on any atom is -0.452 e. The molecule has 3 amide bonds. The third kappa shape index (κ3) is 4.78. The minimum atomic E-state index is -0.703. The van der Waals surface area contributed by atoms with Crippen molar-refractivity contribution in [3.8, 4) is 0 Å². The predicted octanol–water partition coefficient (Wildman–Crippen LogP) is 4.79. The summed E-state index contributed by atoms with van der Waals surface area (Å²) in [7, 11) is 0. The van der Waals surface area contributed by atoms with Gasteiger partial charge in [0.15, 0.2) is 6.61 Å². The molecule has 8 heteroatoms. The normalized spacial score (nSPS) is 21.9. The quantitative estimate of drug-likeness (QED) is 0.446. The molecule has 0 radical (unpaired) electrons. The van der Waals surface area contributed by atoms with E-state index in [2.05, 4.69) is 28.2 Å². The Labute approximate surface area is 207 Å². The van der Waals surface area contributed by atoms with Crippen molar-refractivity contribution in [1.29, 1.82) is 0 Å². The summed E-state index contributed by atoms with van der Waals surface area (Å²) in [6.07, 6.45) is 2.35. The minimum absolute atomic E-state index is 0.171. The molecular weight excluding hydrogens is 500 g/mol. The number of nitrogens with one attached hydrogen (secondary N) is 1. The maximum atomic E-state index is 13.0. The first-order valence-electron chi connectivity index (χ1n) is 11.4. The smallest absolute Gasteiger partial charge is 0.338 e. The maximum Gasteiger partial charge on any atom is 0.338 e. The van der Waals surface area contributed by atoms with Crippen LogP contribution < -0.4 is 10.2 Å². The fraction of sp³-hybridized carbons (Fsp3) is 0.385. The molecule has 2 fully saturated rings. The molecule has 2 aromatic carbocycles. The van der Waals surface area contributed by atoms with E-state index in [-0.39, 0.29) is 29.2 Å². The van der Waals surface area contributed by atoms with Crippen molar-refractivity contribution in [1.82, 2.24) is 0 Å². The second kappa shape index (κ2) is 9.70. The Bertz CT molecular complexity index is 1180. The molecule has 178 valence electrons. The molecule has 1 heterocycles. The Morgan fingerprint density at radius 1 is 1.06 bits per heavy atom. The highest BCUT2D eigenvalue weighted by atomic mass is 79.9. The highest BCUT2D eigenvalue weighted by molar-refractivity contribution is 9.10. The second-order valence-electron chi connectivity index (χ2n) is 9.23. The van der Waals surface area contributed by atoms with E-state index < -0.39 is 18.5 Å². The molecule has 1 aliphatic heterocycles. The number of hydrogen-bond acceptors (Lipinski definition) is 5. The number of anilines is 2. The van der Waals surface area contributed by atoms with E-state index in [0.717, 1.165) is 22.0 Å². The summed E-state index contributed by atoms with van der Waals surface area (Å²) in [5.74, 6) is -1.73. The lowest BCUT2D eigenvalue weighted by Gasteiger charge is -2.25. The van der Waals surface area contributed by atoms with Crippen molar-refractivity contribution in [3.05, 3.63) is 57.6 Å². The first-order valence-corrected chi connectivity index (χ1v) is 12.2. The maximum absolute atomic E-state index is 13.0. The van der Waals surface area contributed by atoms with Crippen LogP contribution in [0.5, 0.6) is 0 Å². The van der Waals surface area contributed by atoms with Crippen LogP contribution in [0, 0.1) is 31.6 Å². The number of esters is 1. The molecule has 0 aromatic heterocycles. The van der Waals surface area contributed by atoms with E-state index in [0.29, 0.717) is 30.1 Å². The summed E-state index contributed by atoms with van der Waals surface area (Å²) < 4.78 is 6.13. The van der Waals surface area contributed by atoms with E-state index in [9.17, 15) is 19.2 Å². The van der Waals surface area contributed by atoms with Gasteiger partial charge in [-0.05, 0) is 80.5 Å². The summed E-state index contributed by atoms with van der Waals surface area (Å²) in [5, 5.41) is 2.75. The number of rotatable bonds is 5. The molecule has 1 N–H and O–H groups in total. The molecule has 7 nitrogen and oxygen atoms in total. The number of nitrogens with zero attached hydrogens (tertiary/aromatic N) is 1. The Morgan fingerprint density at radius 3 is 2.56 bits per heavy atom. The monoisotopic (exact) mass is 526 g/mol. The van der Waals surface area contributed by atoms with Crippen LogP contribution in [0.2, 0.25) is 0 Å². The van der Waals surface area contributed by atoms with Gasteiger partial charge in [0.05, 0.1) is 23.1 Å². The Morgan fingerprint density at radius 2 is 1.79 bits per heavy atom. The van der Waals surface area contributed by atoms with Crippen molar-refractivity contribution in [2.24, 2.45) is 17.8 Å². The van der Waals surface area contributed by atoms with Crippen LogP contribution in [0.4, 0.5) is 11.4 Å². The molecule has 34 heavy (non-hydrogen) atoms. The van der Waals surface area contributed by atoms with Gasteiger partial charge >= 0.3 is 5.97 Å². The van der Waals surface area contributed by atoms with Gasteiger partial charge in [-0.15, -0.1) is 0 Å². The first-order chi connectivity index (χ1) is 16.2. The average Bonchev–Trinajstić information content (AvgIpc) is 3.05. The van der Waals surface area contributed by atoms with Crippen molar-refractivity contribution in [2.45, 2.75) is 40.0 Å². The zero-order valence-electron chi connectivity index (χ0n) is 19.4. The van der Waals surface area contributed by atoms with Crippen molar-refractivity contribution < 1.29 is 23.9 Å². The zero-order valence-corrected chi connectivity index (χ0v) is 21.0. The lowest BCUT2D eigenvalue weighted by molar-refractivity contribution is -0.122. The van der Waals surface area contributed by atoms with Gasteiger partial charge in [-0.1, -0.05) is 28.9 Å². The third-order valence-corrected chi connectivity index (χ3v) is 7.50. The number of carbonyl (C=O) groups excluding carboxylic acids is 4. The second-order valence-corrected chi connectivity index (χ2v) is 10.1. The van der Waals surface area contributed by atoms with Crippen LogP contribution in [0.25, 0.3) is 0 Å². The number of amides is 3. The summed E-state index contributed by atoms with van der Waals surface area (Å²) in [6.45, 7) is 5.43. The summed E-state index contributed by atoms with van der Waals surface area (Å²) in [5.41, 5.74) is 3.02. The molecule has 0 bridgehead atoms. The number of fused-ring (bicyclic) bond motifs is 1. The molecule has 0 spiro atoms. The van der Waals surface area contributed by atoms with E-state index in [1.807, 2.05) is 26.0 Å². The van der Waals surface area contributed by atoms with Crippen LogP contribution in [0.1, 0.15) is 47.7 Å². The highest BCUT2D eigenvalue weighted by Crippen LogP contribution is 2.42. The third-order valence-electron chi connectivity index (χ3n) is 6.64. The van der Waals surface area contributed by atoms with Crippen LogP contribution in [-0.4, -0.2) is 30.3 Å². The fourth-order valence-electron chi connectivity index (χ4n) is 4.73. The Balaban J connectivity index is 1.41. The van der Waals surface area contributed by atoms with Gasteiger partial charge in [0, 0.05) is 10.2 Å². The van der Waals surface area contributed by atoms with Crippen LogP contribution >= 0.6 is 15.9 Å². The molecule has 1 saturated heterocycles. The number of ether oxygens (including phenoxy) is 1. The Kier molecular flexibility index (Phi) is 6.89. The number of halogens is 1. The summed E-state index contributed by atoms with van der Waals surface area (Å²) in [4.78, 5) is 52.0. The van der Waals surface area contributed by atoms with Gasteiger partial charge in [-0.3, -0.25) is 19.3 Å². The molecule has 2 aliphatic rings. The lowest BCUT2D eigenvalue weighted by Crippen LogP contribution is -2.31. The van der Waals surface area contributed by atoms with Crippen molar-refractivity contribution in [3.63, 3.8) is 0 Å². The average molecular weight is 527 g/mol. The molecule has 2 aromatic rings. The SMILES string of the molecule is Cc1cc(NC(=O)COC(=O)c2cccc(N3C(=O)[C@@H]4CC[C@H](C)C[C@H]4C3=O)c2)c(C)cc1Br. The standard InChI is InChI=1S/C26H27BrN2O5/c1-14-7-8-19-20(9-14)25(32)29(24(19)31)18-6-4-5-17(12-18)26(33)34-13-23(30)28-22-11-15(2)21(27)10-16(22)3/h4-6,10-12,14,19-20H,7-9,13H2,1-3H3,(H,28,30)/t14-,19+,20+/m0/s1. The topological polar surface area (TPSA) is 92.8 Å². The molecule has 3 atom stereocenters. The number of benzene rings is 2. The number of carbonyl (C=O) groups is 4. The zero-order chi connectivity index (χ0) is 24.6. The number of aryl methyl sites for hydroxylation is 2. The largest absolute Gasteiger partial charge is 0.452 e. The molecule has 1 aliphatic carbocycles. The first kappa shape index (κ1) is 24.1. The van der Waals surface area contributed by atoms with Crippen molar-refractivity contribution >= 4 is 51.0 Å².